The first kappa shape index (κ1) is 18.5. The molecule has 2 unspecified atom stereocenters. The Bertz CT molecular complexity index is 818. The zero-order valence-electron chi connectivity index (χ0n) is 16.6. The Morgan fingerprint density at radius 1 is 1.18 bits per heavy atom. The molecule has 4 aliphatic carbocycles. The van der Waals surface area contributed by atoms with Crippen molar-refractivity contribution in [2.24, 2.45) is 28.6 Å². The first-order valence-corrected chi connectivity index (χ1v) is 10.8. The van der Waals surface area contributed by atoms with Gasteiger partial charge in [0.15, 0.2) is 0 Å². The molecular weight excluding hydrogens is 350 g/mol. The highest BCUT2D eigenvalue weighted by atomic mass is 16.3. The molecule has 4 heteroatoms. The summed E-state index contributed by atoms with van der Waals surface area (Å²) < 4.78 is 0. The summed E-state index contributed by atoms with van der Waals surface area (Å²) in [6.07, 6.45) is 12.7. The zero-order valence-corrected chi connectivity index (χ0v) is 16.6. The van der Waals surface area contributed by atoms with Gasteiger partial charge in [0.2, 0.25) is 0 Å². The van der Waals surface area contributed by atoms with E-state index in [1.54, 1.807) is 6.20 Å². The molecule has 4 nitrogen and oxygen atoms in total. The van der Waals surface area contributed by atoms with Gasteiger partial charge in [-0.15, -0.1) is 0 Å². The van der Waals surface area contributed by atoms with Crippen LogP contribution in [0.1, 0.15) is 51.0 Å². The molecule has 2 fully saturated rings. The average molecular weight is 382 g/mol. The van der Waals surface area contributed by atoms with Gasteiger partial charge in [-0.2, -0.15) is 0 Å². The van der Waals surface area contributed by atoms with Gasteiger partial charge in [0.25, 0.3) is 0 Å². The minimum atomic E-state index is -0.490. The highest BCUT2D eigenvalue weighted by Gasteiger charge is 2.60. The minimum absolute atomic E-state index is 0.0712. The number of nitrogens with zero attached hydrogens (tertiary/aromatic N) is 1. The van der Waals surface area contributed by atoms with Crippen LogP contribution in [0.15, 0.2) is 42.3 Å². The Labute approximate surface area is 167 Å². The molecule has 0 amide bonds. The molecule has 7 atom stereocenters. The average Bonchev–Trinajstić information content (AvgIpc) is 3.10. The zero-order chi connectivity index (χ0) is 19.5. The van der Waals surface area contributed by atoms with E-state index in [4.69, 9.17) is 0 Å². The first-order chi connectivity index (χ1) is 13.5. The molecule has 150 valence electrons. The monoisotopic (exact) mass is 381 g/mol. The Hall–Kier alpha value is -1.49. The lowest BCUT2D eigenvalue weighted by Gasteiger charge is -2.59. The van der Waals surface area contributed by atoms with Crippen LogP contribution in [0.2, 0.25) is 0 Å². The maximum absolute atomic E-state index is 11.2. The fourth-order valence-corrected chi connectivity index (χ4v) is 7.25. The Balaban J connectivity index is 1.54. The summed E-state index contributed by atoms with van der Waals surface area (Å²) in [6, 6.07) is 4.04. The smallest absolute Gasteiger partial charge is 0.0757 e. The van der Waals surface area contributed by atoms with Crippen molar-refractivity contribution in [1.29, 1.82) is 0 Å². The van der Waals surface area contributed by atoms with Gasteiger partial charge >= 0.3 is 0 Å². The van der Waals surface area contributed by atoms with Gasteiger partial charge < -0.3 is 15.3 Å². The van der Waals surface area contributed by atoms with Crippen LogP contribution in [-0.2, 0) is 0 Å². The third-order valence-corrected chi connectivity index (χ3v) is 8.68. The van der Waals surface area contributed by atoms with Crippen LogP contribution in [0, 0.1) is 28.6 Å². The van der Waals surface area contributed by atoms with E-state index in [0.29, 0.717) is 12.3 Å². The third kappa shape index (κ3) is 2.44. The number of aromatic nitrogens is 1. The number of aliphatic hydroxyl groups is 3. The second kappa shape index (κ2) is 6.51. The van der Waals surface area contributed by atoms with Crippen molar-refractivity contribution in [2.45, 2.75) is 57.7 Å². The molecule has 1 heterocycles. The van der Waals surface area contributed by atoms with Gasteiger partial charge in [-0.1, -0.05) is 30.7 Å². The van der Waals surface area contributed by atoms with Crippen LogP contribution in [0.3, 0.4) is 0 Å². The molecule has 28 heavy (non-hydrogen) atoms. The van der Waals surface area contributed by atoms with Crippen LogP contribution in [-0.4, -0.2) is 39.1 Å². The van der Waals surface area contributed by atoms with E-state index < -0.39 is 6.10 Å². The van der Waals surface area contributed by atoms with Gasteiger partial charge in [0, 0.05) is 17.8 Å². The molecule has 0 saturated heterocycles. The molecule has 0 spiro atoms. The van der Waals surface area contributed by atoms with Gasteiger partial charge in [-0.25, -0.2) is 0 Å². The van der Waals surface area contributed by atoms with Crippen molar-refractivity contribution in [1.82, 2.24) is 4.98 Å². The Morgan fingerprint density at radius 3 is 2.79 bits per heavy atom. The quantitative estimate of drug-likeness (QED) is 0.687. The van der Waals surface area contributed by atoms with Crippen molar-refractivity contribution in [3.05, 3.63) is 47.8 Å². The molecule has 0 radical (unpaired) electrons. The lowest BCUT2D eigenvalue weighted by Crippen LogP contribution is -2.55. The number of rotatable bonds is 2. The van der Waals surface area contributed by atoms with Gasteiger partial charge in [0.05, 0.1) is 18.8 Å². The summed E-state index contributed by atoms with van der Waals surface area (Å²) in [5, 5.41) is 31.9. The molecule has 1 aromatic heterocycles. The minimum Gasteiger partial charge on any atom is -0.395 e. The van der Waals surface area contributed by atoms with Crippen molar-refractivity contribution in [3.8, 4) is 0 Å². The maximum atomic E-state index is 11.2. The fraction of sp³-hybridized carbons (Fsp3) is 0.625. The highest BCUT2D eigenvalue weighted by Crippen LogP contribution is 2.66. The SMILES string of the molecule is C[C@]12CCC(O)CC1=CC(O)[C@@H]1[C@H]2CC[C@]2(CO)C(c3cccnc3)=CC[C@@H]12. The van der Waals surface area contributed by atoms with Crippen molar-refractivity contribution >= 4 is 5.57 Å². The summed E-state index contributed by atoms with van der Waals surface area (Å²) in [6.45, 7) is 2.48. The molecular formula is C24H31NO3. The van der Waals surface area contributed by atoms with E-state index in [0.717, 1.165) is 37.7 Å². The highest BCUT2D eigenvalue weighted by molar-refractivity contribution is 5.73. The van der Waals surface area contributed by atoms with Gasteiger partial charge in [-0.05, 0) is 78.9 Å². The Morgan fingerprint density at radius 2 is 2.04 bits per heavy atom. The van der Waals surface area contributed by atoms with E-state index in [-0.39, 0.29) is 35.4 Å². The summed E-state index contributed by atoms with van der Waals surface area (Å²) in [5.41, 5.74) is 3.38. The largest absolute Gasteiger partial charge is 0.395 e. The number of allylic oxidation sites excluding steroid dienone is 1. The lowest BCUT2D eigenvalue weighted by molar-refractivity contribution is -0.0883. The molecule has 0 aliphatic heterocycles. The van der Waals surface area contributed by atoms with Gasteiger partial charge in [0.1, 0.15) is 0 Å². The van der Waals surface area contributed by atoms with E-state index >= 15 is 0 Å². The number of hydrogen-bond acceptors (Lipinski definition) is 4. The number of pyridine rings is 1. The molecule has 2 saturated carbocycles. The molecule has 1 aromatic rings. The number of fused-ring (bicyclic) bond motifs is 5. The van der Waals surface area contributed by atoms with E-state index in [2.05, 4.69) is 30.1 Å². The summed E-state index contributed by atoms with van der Waals surface area (Å²) in [5.74, 6) is 0.833. The third-order valence-electron chi connectivity index (χ3n) is 8.68. The van der Waals surface area contributed by atoms with Crippen LogP contribution >= 0.6 is 0 Å². The van der Waals surface area contributed by atoms with Crippen LogP contribution in [0.4, 0.5) is 0 Å². The summed E-state index contributed by atoms with van der Waals surface area (Å²) in [4.78, 5) is 4.30. The topological polar surface area (TPSA) is 73.6 Å². The molecule has 3 N–H and O–H groups in total. The fourth-order valence-electron chi connectivity index (χ4n) is 7.25. The number of aliphatic hydroxyl groups excluding tert-OH is 3. The molecule has 5 rings (SSSR count). The predicted octanol–water partition coefficient (Wildman–Crippen LogP) is 3.34. The summed E-state index contributed by atoms with van der Waals surface area (Å²) >= 11 is 0. The van der Waals surface area contributed by atoms with Crippen molar-refractivity contribution < 1.29 is 15.3 Å². The standard InChI is InChI=1S/C24H31NO3/c1-23-8-6-17(27)11-16(23)12-21(28)22-19(23)7-9-24(14-26)18(4-5-20(22)24)15-3-2-10-25-13-15/h2-4,10,12-13,17,19-22,26-28H,5-9,11,14H2,1H3/t17?,19-,20+,21?,22-,23+,24+/m1/s1. The van der Waals surface area contributed by atoms with E-state index in [9.17, 15) is 15.3 Å². The van der Waals surface area contributed by atoms with Crippen LogP contribution in [0.5, 0.6) is 0 Å². The lowest BCUT2D eigenvalue weighted by atomic mass is 9.46. The molecule has 0 aromatic carbocycles. The van der Waals surface area contributed by atoms with Crippen molar-refractivity contribution in [3.63, 3.8) is 0 Å². The predicted molar refractivity (Wildman–Crippen MR) is 108 cm³/mol. The summed E-state index contributed by atoms with van der Waals surface area (Å²) in [7, 11) is 0. The van der Waals surface area contributed by atoms with E-state index in [1.165, 1.54) is 11.1 Å². The number of hydrogen-bond donors (Lipinski definition) is 3. The molecule has 4 aliphatic rings. The van der Waals surface area contributed by atoms with E-state index in [1.807, 2.05) is 12.3 Å². The second-order valence-electron chi connectivity index (χ2n) is 9.74. The Kier molecular flexibility index (Phi) is 4.31. The van der Waals surface area contributed by atoms with Crippen LogP contribution < -0.4 is 0 Å². The van der Waals surface area contributed by atoms with Crippen molar-refractivity contribution in [2.75, 3.05) is 6.61 Å². The van der Waals surface area contributed by atoms with Gasteiger partial charge in [-0.3, -0.25) is 4.98 Å². The normalized spacial score (nSPS) is 44.8. The molecule has 0 bridgehead atoms. The first-order valence-electron chi connectivity index (χ1n) is 10.8. The second-order valence-corrected chi connectivity index (χ2v) is 9.74. The maximum Gasteiger partial charge on any atom is 0.0757 e. The van der Waals surface area contributed by atoms with Crippen LogP contribution in [0.25, 0.3) is 5.57 Å².